The Kier molecular flexibility index (Phi) is 5.35. The van der Waals surface area contributed by atoms with E-state index in [9.17, 15) is 5.11 Å². The summed E-state index contributed by atoms with van der Waals surface area (Å²) in [5.74, 6) is 1.72. The fraction of sp³-hybridized carbons (Fsp3) is 0.478. The van der Waals surface area contributed by atoms with Crippen molar-refractivity contribution >= 4 is 28.1 Å². The average Bonchev–Trinajstić information content (AvgIpc) is 3.27. The van der Waals surface area contributed by atoms with Gasteiger partial charge in [-0.05, 0) is 56.0 Å². The number of thiazole rings is 1. The Morgan fingerprint density at radius 2 is 2.10 bits per heavy atom. The van der Waals surface area contributed by atoms with Crippen LogP contribution in [0, 0.1) is 5.41 Å². The lowest BCUT2D eigenvalue weighted by Crippen LogP contribution is -2.54. The number of anilines is 1. The van der Waals surface area contributed by atoms with Crippen LogP contribution in [0.2, 0.25) is 0 Å². The average molecular weight is 425 g/mol. The fourth-order valence-electron chi connectivity index (χ4n) is 5.07. The molecule has 158 valence electrons. The summed E-state index contributed by atoms with van der Waals surface area (Å²) < 4.78 is 5.52. The number of rotatable bonds is 4. The van der Waals surface area contributed by atoms with Crippen molar-refractivity contribution in [1.29, 1.82) is 0 Å². The molecule has 2 aliphatic heterocycles. The highest BCUT2D eigenvalue weighted by atomic mass is 32.1. The number of benzene rings is 1. The molecule has 1 spiro atoms. The zero-order valence-electron chi connectivity index (χ0n) is 17.3. The summed E-state index contributed by atoms with van der Waals surface area (Å²) >= 11 is 1.73. The van der Waals surface area contributed by atoms with Gasteiger partial charge in [0.05, 0.1) is 18.7 Å². The highest BCUT2D eigenvalue weighted by Gasteiger charge is 2.42. The van der Waals surface area contributed by atoms with Crippen LogP contribution in [0.1, 0.15) is 24.1 Å². The molecule has 0 saturated carbocycles. The lowest BCUT2D eigenvalue weighted by atomic mass is 9.71. The zero-order chi connectivity index (χ0) is 20.6. The van der Waals surface area contributed by atoms with Crippen LogP contribution in [0.5, 0.6) is 5.75 Å². The van der Waals surface area contributed by atoms with E-state index in [4.69, 9.17) is 9.72 Å². The minimum Gasteiger partial charge on any atom is -0.494 e. The van der Waals surface area contributed by atoms with Gasteiger partial charge in [-0.25, -0.2) is 4.98 Å². The Morgan fingerprint density at radius 1 is 1.23 bits per heavy atom. The molecular weight excluding hydrogens is 396 g/mol. The number of aliphatic hydroxyl groups is 1. The summed E-state index contributed by atoms with van der Waals surface area (Å²) in [6.07, 6.45) is 4.75. The molecule has 1 aromatic carbocycles. The lowest BCUT2D eigenvalue weighted by molar-refractivity contribution is 0.0247. The molecule has 1 atom stereocenters. The molecule has 30 heavy (non-hydrogen) atoms. The summed E-state index contributed by atoms with van der Waals surface area (Å²) in [5, 5.41) is 11.8. The number of hydrogen-bond donors (Lipinski definition) is 1. The number of para-hydroxylation sites is 1. The molecule has 0 amide bonds. The molecular formula is C23H28N4O2S. The predicted molar refractivity (Wildman–Crippen MR) is 120 cm³/mol. The van der Waals surface area contributed by atoms with Gasteiger partial charge in [0.25, 0.3) is 0 Å². The maximum absolute atomic E-state index is 10.7. The van der Waals surface area contributed by atoms with Gasteiger partial charge in [0.2, 0.25) is 0 Å². The first-order valence-electron chi connectivity index (χ1n) is 10.6. The minimum absolute atomic E-state index is 0.152. The van der Waals surface area contributed by atoms with E-state index in [0.29, 0.717) is 6.54 Å². The van der Waals surface area contributed by atoms with E-state index in [2.05, 4.69) is 33.0 Å². The number of aromatic nitrogens is 2. The molecule has 5 rings (SSSR count). The highest BCUT2D eigenvalue weighted by molar-refractivity contribution is 7.09. The number of piperidine rings is 2. The van der Waals surface area contributed by atoms with Gasteiger partial charge in [0, 0.05) is 36.1 Å². The standard InChI is InChI=1S/C23H28N4O2S/c1-29-20-4-2-3-17-5-6-21(25-22(17)20)27-13-18(28)11-23(15-27)7-9-26(10-8-23)14-19-12-24-16-30-19/h2-6,12,16,18,28H,7-11,13-15H2,1H3. The summed E-state index contributed by atoms with van der Waals surface area (Å²) in [6, 6.07) is 10.2. The molecule has 0 radical (unpaired) electrons. The maximum Gasteiger partial charge on any atom is 0.145 e. The van der Waals surface area contributed by atoms with Crippen molar-refractivity contribution in [3.05, 3.63) is 46.9 Å². The van der Waals surface area contributed by atoms with Gasteiger partial charge in [-0.3, -0.25) is 9.88 Å². The van der Waals surface area contributed by atoms with Crippen molar-refractivity contribution in [2.75, 3.05) is 38.2 Å². The number of pyridine rings is 1. The third-order valence-corrected chi connectivity index (χ3v) is 7.38. The highest BCUT2D eigenvalue weighted by Crippen LogP contribution is 2.41. The van der Waals surface area contributed by atoms with E-state index in [-0.39, 0.29) is 11.5 Å². The van der Waals surface area contributed by atoms with Gasteiger partial charge in [0.15, 0.2) is 0 Å². The Labute approximate surface area is 181 Å². The second-order valence-corrected chi connectivity index (χ2v) is 9.65. The van der Waals surface area contributed by atoms with Gasteiger partial charge >= 0.3 is 0 Å². The molecule has 2 aliphatic rings. The smallest absolute Gasteiger partial charge is 0.145 e. The first-order chi connectivity index (χ1) is 14.6. The van der Waals surface area contributed by atoms with Gasteiger partial charge in [-0.2, -0.15) is 0 Å². The molecule has 4 heterocycles. The number of nitrogens with zero attached hydrogens (tertiary/aromatic N) is 4. The zero-order valence-corrected chi connectivity index (χ0v) is 18.1. The number of β-amino-alcohol motifs (C(OH)–C–C–N with tert-alkyl or cyclic N) is 1. The molecule has 0 bridgehead atoms. The van der Waals surface area contributed by atoms with Gasteiger partial charge in [-0.15, -0.1) is 11.3 Å². The van der Waals surface area contributed by atoms with Crippen molar-refractivity contribution < 1.29 is 9.84 Å². The van der Waals surface area contributed by atoms with Crippen LogP contribution in [0.3, 0.4) is 0 Å². The summed E-state index contributed by atoms with van der Waals surface area (Å²) in [4.78, 5) is 15.2. The molecule has 2 aromatic heterocycles. The molecule has 1 N–H and O–H groups in total. The third kappa shape index (κ3) is 3.89. The predicted octanol–water partition coefficient (Wildman–Crippen LogP) is 3.55. The number of aliphatic hydroxyl groups excluding tert-OH is 1. The number of methoxy groups -OCH3 is 1. The first kappa shape index (κ1) is 19.7. The SMILES string of the molecule is COc1cccc2ccc(N3CC(O)CC4(CCN(Cc5cncs5)CC4)C3)nc12. The van der Waals surface area contributed by atoms with Gasteiger partial charge in [0.1, 0.15) is 17.1 Å². The Morgan fingerprint density at radius 3 is 2.87 bits per heavy atom. The van der Waals surface area contributed by atoms with Crippen LogP contribution >= 0.6 is 11.3 Å². The quantitative estimate of drug-likeness (QED) is 0.691. The molecule has 0 aliphatic carbocycles. The van der Waals surface area contributed by atoms with Crippen LogP contribution in [0.4, 0.5) is 5.82 Å². The molecule has 2 fully saturated rings. The van der Waals surface area contributed by atoms with Crippen LogP contribution in [-0.2, 0) is 6.54 Å². The summed E-state index contributed by atoms with van der Waals surface area (Å²) in [6.45, 7) is 4.71. The monoisotopic (exact) mass is 424 g/mol. The van der Waals surface area contributed by atoms with Crippen LogP contribution in [0.25, 0.3) is 10.9 Å². The number of likely N-dealkylation sites (tertiary alicyclic amines) is 1. The van der Waals surface area contributed by atoms with Crippen molar-refractivity contribution in [2.24, 2.45) is 5.41 Å². The molecule has 2 saturated heterocycles. The normalized spacial score (nSPS) is 21.9. The van der Waals surface area contributed by atoms with E-state index >= 15 is 0 Å². The second-order valence-electron chi connectivity index (χ2n) is 8.68. The number of fused-ring (bicyclic) bond motifs is 1. The topological polar surface area (TPSA) is 61.7 Å². The van der Waals surface area contributed by atoms with Crippen LogP contribution < -0.4 is 9.64 Å². The van der Waals surface area contributed by atoms with E-state index in [1.54, 1.807) is 18.4 Å². The van der Waals surface area contributed by atoms with E-state index in [1.807, 2.05) is 23.8 Å². The van der Waals surface area contributed by atoms with Crippen LogP contribution in [-0.4, -0.2) is 59.4 Å². The summed E-state index contributed by atoms with van der Waals surface area (Å²) in [5.41, 5.74) is 2.94. The van der Waals surface area contributed by atoms with Crippen LogP contribution in [0.15, 0.2) is 42.0 Å². The fourth-order valence-corrected chi connectivity index (χ4v) is 5.70. The second kappa shape index (κ2) is 8.13. The van der Waals surface area contributed by atoms with Crippen molar-refractivity contribution in [3.8, 4) is 5.75 Å². The summed E-state index contributed by atoms with van der Waals surface area (Å²) in [7, 11) is 1.68. The molecule has 1 unspecified atom stereocenters. The van der Waals surface area contributed by atoms with E-state index < -0.39 is 0 Å². The van der Waals surface area contributed by atoms with Crippen molar-refractivity contribution in [3.63, 3.8) is 0 Å². The van der Waals surface area contributed by atoms with Gasteiger partial charge in [-0.1, -0.05) is 12.1 Å². The third-order valence-electron chi connectivity index (χ3n) is 6.62. The largest absolute Gasteiger partial charge is 0.494 e. The van der Waals surface area contributed by atoms with Crippen molar-refractivity contribution in [2.45, 2.75) is 31.9 Å². The Balaban J connectivity index is 1.33. The minimum atomic E-state index is -0.318. The molecule has 3 aromatic rings. The first-order valence-corrected chi connectivity index (χ1v) is 11.5. The van der Waals surface area contributed by atoms with E-state index in [1.165, 1.54) is 4.88 Å². The van der Waals surface area contributed by atoms with Gasteiger partial charge < -0.3 is 14.7 Å². The molecule has 6 nitrogen and oxygen atoms in total. The number of hydrogen-bond acceptors (Lipinski definition) is 7. The van der Waals surface area contributed by atoms with E-state index in [0.717, 1.165) is 67.9 Å². The number of ether oxygens (including phenoxy) is 1. The lowest BCUT2D eigenvalue weighted by Gasteiger charge is -2.49. The maximum atomic E-state index is 10.7. The molecule has 7 heteroatoms. The Hall–Kier alpha value is -2.22. The Bertz CT molecular complexity index is 1000. The van der Waals surface area contributed by atoms with Crippen molar-refractivity contribution in [1.82, 2.24) is 14.9 Å².